The molecule has 0 amide bonds. The first kappa shape index (κ1) is 21.6. The first-order valence-corrected chi connectivity index (χ1v) is 8.68. The van der Waals surface area contributed by atoms with Crippen molar-refractivity contribution in [3.8, 4) is 0 Å². The summed E-state index contributed by atoms with van der Waals surface area (Å²) in [6.45, 7) is 10.8. The maximum atomic E-state index is 11.1. The van der Waals surface area contributed by atoms with Gasteiger partial charge >= 0.3 is 5.97 Å². The molecule has 0 radical (unpaired) electrons. The quantitative estimate of drug-likeness (QED) is 0.224. The Morgan fingerprint density at radius 3 is 2.45 bits per heavy atom. The molecule has 0 aromatic carbocycles. The molecule has 130 valence electrons. The van der Waals surface area contributed by atoms with Gasteiger partial charge in [0.1, 0.15) is 0 Å². The van der Waals surface area contributed by atoms with E-state index in [2.05, 4.69) is 40.6 Å². The predicted octanol–water partition coefficient (Wildman–Crippen LogP) is 4.81. The summed E-state index contributed by atoms with van der Waals surface area (Å²) in [6, 6.07) is 0. The number of hydrogen-bond acceptors (Lipinski definition) is 4. The fourth-order valence-electron chi connectivity index (χ4n) is 1.84. The van der Waals surface area contributed by atoms with Crippen molar-refractivity contribution in [1.29, 1.82) is 0 Å². The average molecular weight is 379 g/mol. The molecule has 0 bridgehead atoms. The Labute approximate surface area is 143 Å². The minimum Gasteiger partial charge on any atom is -0.469 e. The number of esters is 1. The number of halogens is 1. The van der Waals surface area contributed by atoms with E-state index in [1.54, 1.807) is 0 Å². The van der Waals surface area contributed by atoms with Gasteiger partial charge in [0.05, 0.1) is 19.8 Å². The van der Waals surface area contributed by atoms with Crippen molar-refractivity contribution in [3.63, 3.8) is 0 Å². The number of rotatable bonds is 11. The molecule has 2 atom stereocenters. The van der Waals surface area contributed by atoms with E-state index < -0.39 is 4.70 Å². The lowest BCUT2D eigenvalue weighted by molar-refractivity contribution is -0.183. The SMILES string of the molecule is COC(=O)CCC(C)=CCCC(C)OC(C)(Br)OCC(C)C. The van der Waals surface area contributed by atoms with Crippen LogP contribution < -0.4 is 0 Å². The van der Waals surface area contributed by atoms with Gasteiger partial charge in [0, 0.05) is 13.3 Å². The van der Waals surface area contributed by atoms with Gasteiger partial charge in [-0.25, -0.2) is 0 Å². The summed E-state index contributed by atoms with van der Waals surface area (Å²) in [5.41, 5.74) is 1.20. The number of carbonyl (C=O) groups is 1. The zero-order valence-electron chi connectivity index (χ0n) is 14.8. The van der Waals surface area contributed by atoms with Crippen LogP contribution in [0.25, 0.3) is 0 Å². The van der Waals surface area contributed by atoms with Gasteiger partial charge in [-0.1, -0.05) is 25.5 Å². The number of methoxy groups -OCH3 is 1. The number of ether oxygens (including phenoxy) is 3. The molecule has 0 saturated heterocycles. The maximum absolute atomic E-state index is 11.1. The van der Waals surface area contributed by atoms with Crippen LogP contribution in [0.4, 0.5) is 0 Å². The number of carbonyl (C=O) groups excluding carboxylic acids is 1. The van der Waals surface area contributed by atoms with Crippen molar-refractivity contribution in [3.05, 3.63) is 11.6 Å². The molecule has 0 rings (SSSR count). The molecular formula is C17H31BrO4. The molecule has 5 heteroatoms. The van der Waals surface area contributed by atoms with Gasteiger partial charge in [0.15, 0.2) is 0 Å². The Balaban J connectivity index is 4.01. The highest BCUT2D eigenvalue weighted by molar-refractivity contribution is 9.10. The average Bonchev–Trinajstić information content (AvgIpc) is 2.42. The fraction of sp³-hybridized carbons (Fsp3) is 0.824. The molecule has 2 unspecified atom stereocenters. The Bertz CT molecular complexity index is 351. The molecule has 0 aliphatic carbocycles. The van der Waals surface area contributed by atoms with Crippen LogP contribution in [0, 0.1) is 5.92 Å². The third-order valence-electron chi connectivity index (χ3n) is 3.10. The van der Waals surface area contributed by atoms with Crippen LogP contribution >= 0.6 is 15.9 Å². The second-order valence-electron chi connectivity index (χ2n) is 6.17. The van der Waals surface area contributed by atoms with Gasteiger partial charge < -0.3 is 14.2 Å². The van der Waals surface area contributed by atoms with E-state index >= 15 is 0 Å². The van der Waals surface area contributed by atoms with E-state index in [1.807, 2.05) is 20.8 Å². The summed E-state index contributed by atoms with van der Waals surface area (Å²) in [6.07, 6.45) is 5.25. The number of alkyl halides is 1. The topological polar surface area (TPSA) is 44.8 Å². The number of allylic oxidation sites excluding steroid dienone is 2. The summed E-state index contributed by atoms with van der Waals surface area (Å²) >= 11 is 3.47. The molecule has 22 heavy (non-hydrogen) atoms. The molecular weight excluding hydrogens is 348 g/mol. The summed E-state index contributed by atoms with van der Waals surface area (Å²) in [5, 5.41) is 0. The van der Waals surface area contributed by atoms with Crippen molar-refractivity contribution in [1.82, 2.24) is 0 Å². The van der Waals surface area contributed by atoms with Gasteiger partial charge in [-0.05, 0) is 55.0 Å². The maximum Gasteiger partial charge on any atom is 0.305 e. The summed E-state index contributed by atoms with van der Waals surface area (Å²) in [4.78, 5) is 11.1. The Hall–Kier alpha value is -0.390. The molecule has 0 aromatic rings. The third kappa shape index (κ3) is 12.2. The van der Waals surface area contributed by atoms with Gasteiger partial charge in [0.2, 0.25) is 4.70 Å². The smallest absolute Gasteiger partial charge is 0.305 e. The van der Waals surface area contributed by atoms with Crippen LogP contribution in [-0.2, 0) is 19.0 Å². The van der Waals surface area contributed by atoms with E-state index in [0.717, 1.165) is 19.3 Å². The molecule has 0 fully saturated rings. The molecule has 0 aliphatic rings. The predicted molar refractivity (Wildman–Crippen MR) is 92.9 cm³/mol. The van der Waals surface area contributed by atoms with Crippen molar-refractivity contribution in [2.45, 2.75) is 71.1 Å². The van der Waals surface area contributed by atoms with Crippen molar-refractivity contribution in [2.75, 3.05) is 13.7 Å². The minimum atomic E-state index is -0.736. The van der Waals surface area contributed by atoms with Crippen LogP contribution in [0.5, 0.6) is 0 Å². The second kappa shape index (κ2) is 11.2. The Kier molecular flexibility index (Phi) is 11.0. The van der Waals surface area contributed by atoms with Gasteiger partial charge in [-0.15, -0.1) is 0 Å². The molecule has 4 nitrogen and oxygen atoms in total. The Morgan fingerprint density at radius 2 is 1.91 bits per heavy atom. The highest BCUT2D eigenvalue weighted by Gasteiger charge is 2.24. The van der Waals surface area contributed by atoms with Gasteiger partial charge in [-0.2, -0.15) is 0 Å². The third-order valence-corrected chi connectivity index (χ3v) is 3.52. The molecule has 0 N–H and O–H groups in total. The van der Waals surface area contributed by atoms with Crippen LogP contribution in [0.3, 0.4) is 0 Å². The van der Waals surface area contributed by atoms with Crippen LogP contribution in [-0.4, -0.2) is 30.5 Å². The minimum absolute atomic E-state index is 0.0844. The first-order chi connectivity index (χ1) is 10.2. The molecule has 0 saturated carbocycles. The van der Waals surface area contributed by atoms with Gasteiger partial charge in [-0.3, -0.25) is 4.79 Å². The second-order valence-corrected chi connectivity index (χ2v) is 7.61. The van der Waals surface area contributed by atoms with E-state index in [9.17, 15) is 4.79 Å². The van der Waals surface area contributed by atoms with Crippen LogP contribution in [0.1, 0.15) is 60.3 Å². The zero-order valence-corrected chi connectivity index (χ0v) is 16.4. The molecule has 0 heterocycles. The molecule has 0 aromatic heterocycles. The lowest BCUT2D eigenvalue weighted by Crippen LogP contribution is -2.30. The van der Waals surface area contributed by atoms with E-state index in [-0.39, 0.29) is 12.1 Å². The lowest BCUT2D eigenvalue weighted by Gasteiger charge is -2.28. The zero-order chi connectivity index (χ0) is 17.2. The highest BCUT2D eigenvalue weighted by Crippen LogP contribution is 2.25. The van der Waals surface area contributed by atoms with E-state index in [4.69, 9.17) is 9.47 Å². The monoisotopic (exact) mass is 378 g/mol. The first-order valence-electron chi connectivity index (χ1n) is 7.89. The summed E-state index contributed by atoms with van der Waals surface area (Å²) in [7, 11) is 1.42. The molecule has 0 aliphatic heterocycles. The van der Waals surface area contributed by atoms with Gasteiger partial charge in [0.25, 0.3) is 0 Å². The lowest BCUT2D eigenvalue weighted by atomic mass is 10.1. The van der Waals surface area contributed by atoms with Crippen molar-refractivity contribution < 1.29 is 19.0 Å². The van der Waals surface area contributed by atoms with Crippen LogP contribution in [0.2, 0.25) is 0 Å². The normalized spacial score (nSPS) is 16.5. The van der Waals surface area contributed by atoms with E-state index in [0.29, 0.717) is 18.9 Å². The largest absolute Gasteiger partial charge is 0.469 e. The Morgan fingerprint density at radius 1 is 1.27 bits per heavy atom. The fourth-order valence-corrected chi connectivity index (χ4v) is 2.29. The van der Waals surface area contributed by atoms with Crippen LogP contribution in [0.15, 0.2) is 11.6 Å². The van der Waals surface area contributed by atoms with E-state index in [1.165, 1.54) is 12.7 Å². The standard InChI is InChI=1S/C17H31BrO4/c1-13(2)12-21-17(5,18)22-15(4)9-7-8-14(3)10-11-16(19)20-6/h8,13,15H,7,9-12H2,1-6H3. The number of hydrogen-bond donors (Lipinski definition) is 0. The van der Waals surface area contributed by atoms with Crippen molar-refractivity contribution >= 4 is 21.9 Å². The summed E-state index contributed by atoms with van der Waals surface area (Å²) < 4.78 is 15.5. The highest BCUT2D eigenvalue weighted by atomic mass is 79.9. The summed E-state index contributed by atoms with van der Waals surface area (Å²) in [5.74, 6) is 0.304. The van der Waals surface area contributed by atoms with Crippen molar-refractivity contribution in [2.24, 2.45) is 5.92 Å². The molecule has 0 spiro atoms.